The van der Waals surface area contributed by atoms with Crippen LogP contribution in [0.2, 0.25) is 0 Å². The van der Waals surface area contributed by atoms with Gasteiger partial charge in [-0.25, -0.2) is 0 Å². The van der Waals surface area contributed by atoms with Gasteiger partial charge in [0, 0.05) is 24.1 Å². The number of aryl methyl sites for hydroxylation is 2. The predicted octanol–water partition coefficient (Wildman–Crippen LogP) is 1.05. The highest BCUT2D eigenvalue weighted by Crippen LogP contribution is 2.04. The van der Waals surface area contributed by atoms with E-state index in [0.29, 0.717) is 19.0 Å². The molecule has 0 aromatic carbocycles. The second kappa shape index (κ2) is 5.46. The average molecular weight is 207 g/mol. The van der Waals surface area contributed by atoms with Crippen LogP contribution in [0.5, 0.6) is 0 Å². The van der Waals surface area contributed by atoms with Gasteiger partial charge in [0.15, 0.2) is 0 Å². The van der Waals surface area contributed by atoms with Crippen molar-refractivity contribution in [3.8, 4) is 0 Å². The van der Waals surface area contributed by atoms with Crippen molar-refractivity contribution in [3.05, 3.63) is 29.1 Å². The van der Waals surface area contributed by atoms with E-state index in [1.54, 1.807) is 7.11 Å². The van der Waals surface area contributed by atoms with Crippen molar-refractivity contribution in [3.63, 3.8) is 0 Å². The van der Waals surface area contributed by atoms with Crippen LogP contribution in [0, 0.1) is 13.8 Å². The molecule has 15 heavy (non-hydrogen) atoms. The van der Waals surface area contributed by atoms with E-state index in [1.165, 1.54) is 0 Å². The number of amidine groups is 1. The molecule has 2 N–H and O–H groups in total. The topological polar surface area (TPSA) is 60.5 Å². The minimum Gasteiger partial charge on any atom is -0.384 e. The Bertz CT molecular complexity index is 341. The van der Waals surface area contributed by atoms with E-state index in [0.717, 1.165) is 17.0 Å². The van der Waals surface area contributed by atoms with Crippen molar-refractivity contribution in [1.82, 2.24) is 4.98 Å². The lowest BCUT2D eigenvalue weighted by molar-refractivity contribution is 0.208. The van der Waals surface area contributed by atoms with Crippen molar-refractivity contribution in [2.24, 2.45) is 10.7 Å². The normalized spacial score (nSPS) is 11.8. The van der Waals surface area contributed by atoms with Crippen molar-refractivity contribution >= 4 is 5.84 Å². The number of ether oxygens (including phenoxy) is 1. The minimum absolute atomic E-state index is 0.542. The molecule has 4 heteroatoms. The summed E-state index contributed by atoms with van der Waals surface area (Å²) < 4.78 is 4.90. The van der Waals surface area contributed by atoms with E-state index >= 15 is 0 Å². The molecule has 1 aromatic rings. The van der Waals surface area contributed by atoms with Gasteiger partial charge in [0.05, 0.1) is 13.2 Å². The number of nitrogens with zero attached hydrogens (tertiary/aromatic N) is 2. The van der Waals surface area contributed by atoms with E-state index in [1.807, 2.05) is 26.0 Å². The Hall–Kier alpha value is -1.42. The highest BCUT2D eigenvalue weighted by Gasteiger charge is 2.00. The highest BCUT2D eigenvalue weighted by atomic mass is 16.5. The number of rotatable bonds is 4. The smallest absolute Gasteiger partial charge is 0.125 e. The van der Waals surface area contributed by atoms with Crippen LogP contribution >= 0.6 is 0 Å². The van der Waals surface area contributed by atoms with Crippen LogP contribution < -0.4 is 5.73 Å². The van der Waals surface area contributed by atoms with Crippen molar-refractivity contribution in [2.75, 3.05) is 20.3 Å². The van der Waals surface area contributed by atoms with Crippen LogP contribution in [0.15, 0.2) is 17.1 Å². The Morgan fingerprint density at radius 1 is 1.40 bits per heavy atom. The molecule has 4 nitrogen and oxygen atoms in total. The Morgan fingerprint density at radius 2 is 2.00 bits per heavy atom. The molecule has 0 amide bonds. The third kappa shape index (κ3) is 3.67. The second-order valence-electron chi connectivity index (χ2n) is 3.40. The molecule has 0 bridgehead atoms. The molecule has 0 spiro atoms. The number of hydrogen-bond acceptors (Lipinski definition) is 3. The summed E-state index contributed by atoms with van der Waals surface area (Å²) in [4.78, 5) is 8.49. The Morgan fingerprint density at radius 3 is 2.53 bits per heavy atom. The Balaban J connectivity index is 2.81. The van der Waals surface area contributed by atoms with Crippen molar-refractivity contribution < 1.29 is 4.74 Å². The maximum atomic E-state index is 5.84. The van der Waals surface area contributed by atoms with Gasteiger partial charge in [0.1, 0.15) is 5.84 Å². The van der Waals surface area contributed by atoms with Gasteiger partial charge in [-0.15, -0.1) is 0 Å². The quantitative estimate of drug-likeness (QED) is 0.456. The van der Waals surface area contributed by atoms with Gasteiger partial charge >= 0.3 is 0 Å². The summed E-state index contributed by atoms with van der Waals surface area (Å²) >= 11 is 0. The van der Waals surface area contributed by atoms with Gasteiger partial charge in [-0.1, -0.05) is 0 Å². The standard InChI is InChI=1S/C11H17N3O/c1-8-6-10(7-9(2)14-8)11(12)13-4-5-15-3/h6-7H,4-5H2,1-3H3,(H2,12,13). The number of methoxy groups -OCH3 is 1. The summed E-state index contributed by atoms with van der Waals surface area (Å²) in [6.45, 7) is 5.06. The molecular formula is C11H17N3O. The number of aliphatic imine (C=N–C) groups is 1. The van der Waals surface area contributed by atoms with Gasteiger partial charge in [-0.3, -0.25) is 9.98 Å². The van der Waals surface area contributed by atoms with E-state index in [9.17, 15) is 0 Å². The molecule has 0 atom stereocenters. The third-order valence-corrected chi connectivity index (χ3v) is 1.95. The van der Waals surface area contributed by atoms with Crippen LogP contribution in [0.3, 0.4) is 0 Å². The maximum Gasteiger partial charge on any atom is 0.125 e. The molecule has 82 valence electrons. The van der Waals surface area contributed by atoms with Crippen LogP contribution in [0.25, 0.3) is 0 Å². The number of hydrogen-bond donors (Lipinski definition) is 1. The van der Waals surface area contributed by atoms with E-state index in [2.05, 4.69) is 9.98 Å². The molecule has 1 heterocycles. The SMILES string of the molecule is COCCN=C(N)c1cc(C)nc(C)c1. The summed E-state index contributed by atoms with van der Waals surface area (Å²) in [6.07, 6.45) is 0. The summed E-state index contributed by atoms with van der Waals surface area (Å²) in [6, 6.07) is 3.86. The summed E-state index contributed by atoms with van der Waals surface area (Å²) in [5, 5.41) is 0. The maximum absolute atomic E-state index is 5.84. The number of aromatic nitrogens is 1. The fourth-order valence-corrected chi connectivity index (χ4v) is 1.33. The van der Waals surface area contributed by atoms with E-state index in [4.69, 9.17) is 10.5 Å². The first-order valence-electron chi connectivity index (χ1n) is 4.88. The molecule has 0 saturated heterocycles. The molecule has 0 aliphatic heterocycles. The average Bonchev–Trinajstić information content (AvgIpc) is 2.16. The molecule has 0 aliphatic rings. The Labute approximate surface area is 90.2 Å². The zero-order valence-electron chi connectivity index (χ0n) is 9.45. The van der Waals surface area contributed by atoms with Gasteiger partial charge in [0.2, 0.25) is 0 Å². The predicted molar refractivity (Wildman–Crippen MR) is 61.2 cm³/mol. The van der Waals surface area contributed by atoms with Crippen LogP contribution in [0.4, 0.5) is 0 Å². The summed E-state index contributed by atoms with van der Waals surface area (Å²) in [5.41, 5.74) is 8.67. The highest BCUT2D eigenvalue weighted by molar-refractivity contribution is 5.97. The number of nitrogens with two attached hydrogens (primary N) is 1. The van der Waals surface area contributed by atoms with Crippen molar-refractivity contribution in [2.45, 2.75) is 13.8 Å². The van der Waals surface area contributed by atoms with E-state index < -0.39 is 0 Å². The van der Waals surface area contributed by atoms with Crippen LogP contribution in [-0.4, -0.2) is 31.1 Å². The lowest BCUT2D eigenvalue weighted by Gasteiger charge is -2.03. The van der Waals surface area contributed by atoms with Gasteiger partial charge in [-0.05, 0) is 26.0 Å². The Kier molecular flexibility index (Phi) is 4.24. The first kappa shape index (κ1) is 11.7. The third-order valence-electron chi connectivity index (χ3n) is 1.95. The zero-order valence-corrected chi connectivity index (χ0v) is 9.45. The van der Waals surface area contributed by atoms with Gasteiger partial charge < -0.3 is 10.5 Å². The fraction of sp³-hybridized carbons (Fsp3) is 0.455. The molecule has 0 aliphatic carbocycles. The first-order chi connectivity index (χ1) is 7.13. The molecule has 1 aromatic heterocycles. The first-order valence-corrected chi connectivity index (χ1v) is 4.88. The largest absolute Gasteiger partial charge is 0.384 e. The summed E-state index contributed by atoms with van der Waals surface area (Å²) in [5.74, 6) is 0.542. The molecule has 1 rings (SSSR count). The van der Waals surface area contributed by atoms with E-state index in [-0.39, 0.29) is 0 Å². The molecule has 0 fully saturated rings. The lowest BCUT2D eigenvalue weighted by atomic mass is 10.2. The molecule has 0 radical (unpaired) electrons. The minimum atomic E-state index is 0.542. The molecular weight excluding hydrogens is 190 g/mol. The van der Waals surface area contributed by atoms with Crippen molar-refractivity contribution in [1.29, 1.82) is 0 Å². The monoisotopic (exact) mass is 207 g/mol. The van der Waals surface area contributed by atoms with Gasteiger partial charge in [0.25, 0.3) is 0 Å². The zero-order chi connectivity index (χ0) is 11.3. The fourth-order valence-electron chi connectivity index (χ4n) is 1.33. The van der Waals surface area contributed by atoms with Gasteiger partial charge in [-0.2, -0.15) is 0 Å². The second-order valence-corrected chi connectivity index (χ2v) is 3.40. The number of pyridine rings is 1. The van der Waals surface area contributed by atoms with Crippen LogP contribution in [0.1, 0.15) is 17.0 Å². The molecule has 0 unspecified atom stereocenters. The molecule has 0 saturated carbocycles. The lowest BCUT2D eigenvalue weighted by Crippen LogP contribution is -2.15. The van der Waals surface area contributed by atoms with Crippen LogP contribution in [-0.2, 0) is 4.74 Å². The summed E-state index contributed by atoms with van der Waals surface area (Å²) in [7, 11) is 1.65.